The molecule has 0 aromatic carbocycles. The minimum Gasteiger partial charge on any atom is -0.324 e. The summed E-state index contributed by atoms with van der Waals surface area (Å²) in [7, 11) is -4.06. The summed E-state index contributed by atoms with van der Waals surface area (Å²) >= 11 is 0. The topological polar surface area (TPSA) is 83.6 Å². The van der Waals surface area contributed by atoms with Crippen molar-refractivity contribution >= 4 is 7.60 Å². The van der Waals surface area contributed by atoms with Crippen LogP contribution in [-0.2, 0) is 4.57 Å². The van der Waals surface area contributed by atoms with Crippen molar-refractivity contribution in [3.05, 3.63) is 11.9 Å². The van der Waals surface area contributed by atoms with E-state index < -0.39 is 19.0 Å². The monoisotopic (exact) mass is 209 g/mol. The first kappa shape index (κ1) is 10.9. The Morgan fingerprint density at radius 2 is 2.31 bits per heavy atom. The number of rotatable bonds is 3. The van der Waals surface area contributed by atoms with Crippen LogP contribution in [0.25, 0.3) is 0 Å². The Hall–Kier alpha value is -0.220. The maximum atomic E-state index is 13.0. The van der Waals surface area contributed by atoms with Crippen LogP contribution in [0, 0.1) is 0 Å². The van der Waals surface area contributed by atoms with Crippen molar-refractivity contribution in [3.8, 4) is 0 Å². The number of allylic oxidation sites excluding steroid dienone is 1. The minimum absolute atomic E-state index is 0.000386. The first-order chi connectivity index (χ1) is 5.83. The van der Waals surface area contributed by atoms with E-state index in [9.17, 15) is 8.96 Å². The van der Waals surface area contributed by atoms with E-state index in [4.69, 9.17) is 15.5 Å². The van der Waals surface area contributed by atoms with Gasteiger partial charge in [-0.15, -0.1) is 0 Å². The molecule has 0 spiro atoms. The lowest BCUT2D eigenvalue weighted by Crippen LogP contribution is -2.39. The van der Waals surface area contributed by atoms with Crippen LogP contribution in [0.4, 0.5) is 4.39 Å². The normalized spacial score (nSPS) is 29.1. The molecule has 0 aromatic heterocycles. The van der Waals surface area contributed by atoms with Crippen LogP contribution in [0.3, 0.4) is 0 Å². The van der Waals surface area contributed by atoms with Crippen LogP contribution >= 0.6 is 7.60 Å². The molecule has 13 heavy (non-hydrogen) atoms. The lowest BCUT2D eigenvalue weighted by Gasteiger charge is -2.23. The number of hydrogen-bond donors (Lipinski definition) is 3. The van der Waals surface area contributed by atoms with Gasteiger partial charge in [-0.1, -0.05) is 6.08 Å². The van der Waals surface area contributed by atoms with Crippen molar-refractivity contribution in [2.75, 3.05) is 6.16 Å². The summed E-state index contributed by atoms with van der Waals surface area (Å²) in [5.41, 5.74) is 4.49. The van der Waals surface area contributed by atoms with Crippen molar-refractivity contribution < 1.29 is 18.7 Å². The zero-order valence-corrected chi connectivity index (χ0v) is 8.01. The smallest absolute Gasteiger partial charge is 0.324 e. The average molecular weight is 209 g/mol. The van der Waals surface area contributed by atoms with E-state index in [0.717, 1.165) is 0 Å². The molecule has 4 nitrogen and oxygen atoms in total. The standard InChI is InChI=1S/C7H13FNO3P/c8-6-2-1-3-7(6,9)4-5-13(10,11)12/h2H,1,3-5,9H2,(H2,10,11,12)/t7-/m1/s1. The summed E-state index contributed by atoms with van der Waals surface area (Å²) in [6.45, 7) is 0. The molecule has 1 aliphatic rings. The fraction of sp³-hybridized carbons (Fsp3) is 0.714. The lowest BCUT2D eigenvalue weighted by molar-refractivity contribution is 0.349. The fourth-order valence-electron chi connectivity index (χ4n) is 1.37. The Morgan fingerprint density at radius 3 is 2.69 bits per heavy atom. The van der Waals surface area contributed by atoms with E-state index in [-0.39, 0.29) is 12.6 Å². The van der Waals surface area contributed by atoms with Gasteiger partial charge >= 0.3 is 7.60 Å². The second-order valence-corrected chi connectivity index (χ2v) is 5.16. The van der Waals surface area contributed by atoms with Crippen molar-refractivity contribution in [2.24, 2.45) is 5.73 Å². The van der Waals surface area contributed by atoms with E-state index in [2.05, 4.69) is 0 Å². The molecule has 0 bridgehead atoms. The second-order valence-electron chi connectivity index (χ2n) is 3.39. The van der Waals surface area contributed by atoms with Crippen LogP contribution in [0.15, 0.2) is 11.9 Å². The molecule has 0 unspecified atom stereocenters. The summed E-state index contributed by atoms with van der Waals surface area (Å²) in [5.74, 6) is -0.444. The van der Waals surface area contributed by atoms with Gasteiger partial charge in [-0.3, -0.25) is 4.57 Å². The summed E-state index contributed by atoms with van der Waals surface area (Å²) in [4.78, 5) is 17.2. The summed E-state index contributed by atoms with van der Waals surface area (Å²) < 4.78 is 23.6. The van der Waals surface area contributed by atoms with Crippen LogP contribution in [0.5, 0.6) is 0 Å². The highest BCUT2D eigenvalue weighted by atomic mass is 31.2. The van der Waals surface area contributed by atoms with E-state index in [1.807, 2.05) is 0 Å². The highest BCUT2D eigenvalue weighted by Gasteiger charge is 2.35. The predicted molar refractivity (Wildman–Crippen MR) is 46.9 cm³/mol. The van der Waals surface area contributed by atoms with E-state index in [0.29, 0.717) is 12.8 Å². The Labute approximate surface area is 75.8 Å². The molecule has 0 saturated carbocycles. The maximum absolute atomic E-state index is 13.0. The SMILES string of the molecule is N[C@@]1(CCP(=O)(O)O)CCC=C1F. The molecule has 0 fully saturated rings. The Bertz CT molecular complexity index is 275. The van der Waals surface area contributed by atoms with Crippen LogP contribution < -0.4 is 5.73 Å². The molecular formula is C7H13FNO3P. The molecule has 0 aromatic rings. The third kappa shape index (κ3) is 2.88. The zero-order chi connectivity index (χ0) is 10.1. The van der Waals surface area contributed by atoms with Gasteiger partial charge in [0, 0.05) is 0 Å². The molecule has 0 amide bonds. The molecule has 0 aliphatic heterocycles. The van der Waals surface area contributed by atoms with E-state index in [1.165, 1.54) is 6.08 Å². The quantitative estimate of drug-likeness (QED) is 0.603. The van der Waals surface area contributed by atoms with Gasteiger partial charge in [0.05, 0.1) is 11.7 Å². The highest BCUT2D eigenvalue weighted by Crippen LogP contribution is 2.40. The van der Waals surface area contributed by atoms with Crippen molar-refractivity contribution in [1.29, 1.82) is 0 Å². The molecular weight excluding hydrogens is 196 g/mol. The van der Waals surface area contributed by atoms with Crippen LogP contribution in [0.1, 0.15) is 19.3 Å². The van der Waals surface area contributed by atoms with Gasteiger partial charge < -0.3 is 15.5 Å². The molecule has 4 N–H and O–H groups in total. The highest BCUT2D eigenvalue weighted by molar-refractivity contribution is 7.51. The van der Waals surface area contributed by atoms with Gasteiger partial charge in [0.15, 0.2) is 0 Å². The summed E-state index contributed by atoms with van der Waals surface area (Å²) in [6.07, 6.45) is 1.99. The van der Waals surface area contributed by atoms with Crippen molar-refractivity contribution in [2.45, 2.75) is 24.8 Å². The average Bonchev–Trinajstić information content (AvgIpc) is 2.29. The molecule has 1 atom stereocenters. The Kier molecular flexibility index (Phi) is 2.92. The van der Waals surface area contributed by atoms with E-state index >= 15 is 0 Å². The molecule has 6 heteroatoms. The zero-order valence-electron chi connectivity index (χ0n) is 7.11. The number of hydrogen-bond acceptors (Lipinski definition) is 2. The van der Waals surface area contributed by atoms with Gasteiger partial charge in [0.2, 0.25) is 0 Å². The summed E-state index contributed by atoms with van der Waals surface area (Å²) in [5, 5.41) is 0. The van der Waals surface area contributed by atoms with Gasteiger partial charge in [-0.2, -0.15) is 0 Å². The maximum Gasteiger partial charge on any atom is 0.325 e. The molecule has 0 saturated heterocycles. The number of halogens is 1. The molecule has 1 aliphatic carbocycles. The molecule has 76 valence electrons. The van der Waals surface area contributed by atoms with Crippen molar-refractivity contribution in [3.63, 3.8) is 0 Å². The lowest BCUT2D eigenvalue weighted by atomic mass is 9.96. The Balaban J connectivity index is 2.54. The second kappa shape index (κ2) is 3.50. The minimum atomic E-state index is -4.06. The number of nitrogens with two attached hydrogens (primary N) is 1. The molecule has 0 heterocycles. The summed E-state index contributed by atoms with van der Waals surface area (Å²) in [6, 6.07) is 0. The predicted octanol–water partition coefficient (Wildman–Crippen LogP) is 0.899. The van der Waals surface area contributed by atoms with Gasteiger partial charge in [-0.05, 0) is 19.3 Å². The Morgan fingerprint density at radius 1 is 1.69 bits per heavy atom. The van der Waals surface area contributed by atoms with Crippen molar-refractivity contribution in [1.82, 2.24) is 0 Å². The van der Waals surface area contributed by atoms with Gasteiger partial charge in [0.25, 0.3) is 0 Å². The molecule has 0 radical (unpaired) electrons. The largest absolute Gasteiger partial charge is 0.325 e. The van der Waals surface area contributed by atoms with Crippen LogP contribution in [-0.4, -0.2) is 21.5 Å². The van der Waals surface area contributed by atoms with Gasteiger partial charge in [-0.25, -0.2) is 4.39 Å². The first-order valence-electron chi connectivity index (χ1n) is 4.03. The van der Waals surface area contributed by atoms with Gasteiger partial charge in [0.1, 0.15) is 5.83 Å². The van der Waals surface area contributed by atoms with Crippen LogP contribution in [0.2, 0.25) is 0 Å². The first-order valence-corrected chi connectivity index (χ1v) is 5.83. The third-order valence-corrected chi connectivity index (χ3v) is 3.05. The fourth-order valence-corrected chi connectivity index (χ4v) is 2.06. The molecule has 1 rings (SSSR count). The van der Waals surface area contributed by atoms with E-state index in [1.54, 1.807) is 0 Å². The third-order valence-electron chi connectivity index (χ3n) is 2.24.